The van der Waals surface area contributed by atoms with Crippen molar-refractivity contribution in [2.75, 3.05) is 0 Å². The van der Waals surface area contributed by atoms with Crippen LogP contribution in [0.4, 0.5) is 0 Å². The van der Waals surface area contributed by atoms with Gasteiger partial charge in [-0.15, -0.1) is 0 Å². The number of rotatable bonds is 3. The molecule has 0 fully saturated rings. The zero-order valence-electron chi connectivity index (χ0n) is 9.70. The Morgan fingerprint density at radius 2 is 2.06 bits per heavy atom. The van der Waals surface area contributed by atoms with Gasteiger partial charge in [0.2, 0.25) is 0 Å². The average Bonchev–Trinajstić information content (AvgIpc) is 2.84. The van der Waals surface area contributed by atoms with Crippen LogP contribution in [-0.4, -0.2) is 24.4 Å². The normalized spacial score (nSPS) is 13.3. The lowest BCUT2D eigenvalue weighted by Gasteiger charge is -2.16. The number of hydrogen-bond donors (Lipinski definition) is 1. The highest BCUT2D eigenvalue weighted by Crippen LogP contribution is 2.23. The second-order valence-corrected chi connectivity index (χ2v) is 4.10. The van der Waals surface area contributed by atoms with Gasteiger partial charge in [-0.1, -0.05) is 0 Å². The van der Waals surface area contributed by atoms with Crippen molar-refractivity contribution in [3.63, 3.8) is 0 Å². The van der Waals surface area contributed by atoms with E-state index >= 15 is 0 Å². The molecule has 2 aromatic heterocycles. The van der Waals surface area contributed by atoms with Crippen LogP contribution in [0.1, 0.15) is 37.4 Å². The van der Waals surface area contributed by atoms with Crippen LogP contribution >= 0.6 is 0 Å². The van der Waals surface area contributed by atoms with Gasteiger partial charge < -0.3 is 9.67 Å². The van der Waals surface area contributed by atoms with Crippen molar-refractivity contribution in [1.29, 1.82) is 0 Å². The van der Waals surface area contributed by atoms with Crippen LogP contribution in [0.5, 0.6) is 0 Å². The first-order valence-electron chi connectivity index (χ1n) is 5.29. The van der Waals surface area contributed by atoms with E-state index in [1.807, 2.05) is 17.7 Å². The third-order valence-corrected chi connectivity index (χ3v) is 2.67. The third kappa shape index (κ3) is 1.74. The fourth-order valence-electron chi connectivity index (χ4n) is 1.76. The van der Waals surface area contributed by atoms with E-state index in [0.29, 0.717) is 0 Å². The molecule has 0 spiro atoms. The lowest BCUT2D eigenvalue weighted by atomic mass is 10.2. The van der Waals surface area contributed by atoms with Crippen molar-refractivity contribution in [2.45, 2.75) is 26.0 Å². The van der Waals surface area contributed by atoms with Gasteiger partial charge in [0.25, 0.3) is 0 Å². The van der Waals surface area contributed by atoms with Crippen LogP contribution in [0.3, 0.4) is 0 Å². The monoisotopic (exact) mass is 220 g/mol. The molecule has 2 heterocycles. The van der Waals surface area contributed by atoms with Crippen molar-refractivity contribution in [3.8, 4) is 0 Å². The minimum Gasteiger partial charge on any atom is -0.380 e. The minimum absolute atomic E-state index is 0.278. The summed E-state index contributed by atoms with van der Waals surface area (Å²) in [6.07, 6.45) is 4.42. The summed E-state index contributed by atoms with van der Waals surface area (Å²) in [5, 5.41) is 14.3. The summed E-state index contributed by atoms with van der Waals surface area (Å²) in [7, 11) is 1.81. The van der Waals surface area contributed by atoms with Crippen LogP contribution in [0.15, 0.2) is 24.8 Å². The lowest BCUT2D eigenvalue weighted by molar-refractivity contribution is 0.198. The number of imidazole rings is 1. The van der Waals surface area contributed by atoms with E-state index in [1.54, 1.807) is 23.4 Å². The SMILES string of the molecule is CC(C)n1cncc1C(O)c1ccnn1C. The van der Waals surface area contributed by atoms with Gasteiger partial charge >= 0.3 is 0 Å². The Balaban J connectivity index is 2.38. The zero-order chi connectivity index (χ0) is 11.7. The molecule has 0 aliphatic heterocycles. The Hall–Kier alpha value is -1.62. The van der Waals surface area contributed by atoms with Crippen LogP contribution in [0.2, 0.25) is 0 Å². The molecule has 0 radical (unpaired) electrons. The molecule has 0 amide bonds. The molecule has 5 nitrogen and oxygen atoms in total. The standard InChI is InChI=1S/C11H16N4O/c1-8(2)15-7-12-6-10(15)11(16)9-4-5-13-14(9)3/h4-8,11,16H,1-3H3. The highest BCUT2D eigenvalue weighted by atomic mass is 16.3. The minimum atomic E-state index is -0.683. The first kappa shape index (κ1) is 10.9. The molecule has 2 rings (SSSR count). The average molecular weight is 220 g/mol. The van der Waals surface area contributed by atoms with E-state index in [-0.39, 0.29) is 6.04 Å². The van der Waals surface area contributed by atoms with E-state index in [2.05, 4.69) is 23.9 Å². The van der Waals surface area contributed by atoms with Gasteiger partial charge in [-0.05, 0) is 19.9 Å². The van der Waals surface area contributed by atoms with Crippen LogP contribution in [0, 0.1) is 0 Å². The third-order valence-electron chi connectivity index (χ3n) is 2.67. The summed E-state index contributed by atoms with van der Waals surface area (Å²) in [4.78, 5) is 4.08. The summed E-state index contributed by atoms with van der Waals surface area (Å²) in [6.45, 7) is 4.11. The van der Waals surface area contributed by atoms with E-state index in [1.165, 1.54) is 0 Å². The molecule has 0 bridgehead atoms. The molecule has 1 atom stereocenters. The van der Waals surface area contributed by atoms with E-state index < -0.39 is 6.10 Å². The number of hydrogen-bond acceptors (Lipinski definition) is 3. The zero-order valence-corrected chi connectivity index (χ0v) is 9.70. The van der Waals surface area contributed by atoms with Gasteiger partial charge in [0.05, 0.1) is 23.9 Å². The topological polar surface area (TPSA) is 55.9 Å². The quantitative estimate of drug-likeness (QED) is 0.847. The predicted molar refractivity (Wildman–Crippen MR) is 59.9 cm³/mol. The summed E-state index contributed by atoms with van der Waals surface area (Å²) in [5.41, 5.74) is 1.56. The highest BCUT2D eigenvalue weighted by Gasteiger charge is 2.18. The van der Waals surface area contributed by atoms with Crippen molar-refractivity contribution >= 4 is 0 Å². The molecule has 5 heteroatoms. The molecule has 1 N–H and O–H groups in total. The molecule has 0 aromatic carbocycles. The number of aliphatic hydroxyl groups is 1. The predicted octanol–water partition coefficient (Wildman–Crippen LogP) is 1.28. The first-order valence-corrected chi connectivity index (χ1v) is 5.29. The number of aromatic nitrogens is 4. The molecule has 16 heavy (non-hydrogen) atoms. The lowest BCUT2D eigenvalue weighted by Crippen LogP contribution is -2.12. The Kier molecular flexibility index (Phi) is 2.78. The molecule has 1 unspecified atom stereocenters. The van der Waals surface area contributed by atoms with Gasteiger partial charge in [-0.3, -0.25) is 4.68 Å². The van der Waals surface area contributed by atoms with Crippen LogP contribution < -0.4 is 0 Å². The summed E-state index contributed by atoms with van der Waals surface area (Å²) < 4.78 is 3.62. The maximum atomic E-state index is 10.3. The fraction of sp³-hybridized carbons (Fsp3) is 0.455. The summed E-state index contributed by atoms with van der Waals surface area (Å²) in [6, 6.07) is 2.09. The van der Waals surface area contributed by atoms with Gasteiger partial charge in [0, 0.05) is 19.3 Å². The van der Waals surface area contributed by atoms with Gasteiger partial charge in [0.1, 0.15) is 6.10 Å². The van der Waals surface area contributed by atoms with Crippen molar-refractivity contribution in [2.24, 2.45) is 7.05 Å². The van der Waals surface area contributed by atoms with Gasteiger partial charge in [-0.2, -0.15) is 5.10 Å². The smallest absolute Gasteiger partial charge is 0.137 e. The summed E-state index contributed by atoms with van der Waals surface area (Å²) in [5.74, 6) is 0. The van der Waals surface area contributed by atoms with E-state index in [4.69, 9.17) is 0 Å². The Morgan fingerprint density at radius 3 is 2.62 bits per heavy atom. The molecule has 0 saturated carbocycles. The number of nitrogens with zero attached hydrogens (tertiary/aromatic N) is 4. The summed E-state index contributed by atoms with van der Waals surface area (Å²) >= 11 is 0. The number of aryl methyl sites for hydroxylation is 1. The van der Waals surface area contributed by atoms with Crippen molar-refractivity contribution in [3.05, 3.63) is 36.2 Å². The fourth-order valence-corrected chi connectivity index (χ4v) is 1.76. The Bertz CT molecular complexity index is 472. The first-order chi connectivity index (χ1) is 7.61. The van der Waals surface area contributed by atoms with Crippen LogP contribution in [-0.2, 0) is 7.05 Å². The van der Waals surface area contributed by atoms with Crippen LogP contribution in [0.25, 0.3) is 0 Å². The Labute approximate surface area is 94.4 Å². The molecular weight excluding hydrogens is 204 g/mol. The second-order valence-electron chi connectivity index (χ2n) is 4.10. The molecule has 0 aliphatic carbocycles. The molecule has 86 valence electrons. The van der Waals surface area contributed by atoms with Gasteiger partial charge in [0.15, 0.2) is 0 Å². The molecule has 0 aliphatic rings. The van der Waals surface area contributed by atoms with Crippen molar-refractivity contribution in [1.82, 2.24) is 19.3 Å². The van der Waals surface area contributed by atoms with Crippen molar-refractivity contribution < 1.29 is 5.11 Å². The second kappa shape index (κ2) is 4.09. The molecule has 0 saturated heterocycles. The number of aliphatic hydroxyl groups excluding tert-OH is 1. The maximum Gasteiger partial charge on any atom is 0.137 e. The largest absolute Gasteiger partial charge is 0.380 e. The maximum absolute atomic E-state index is 10.3. The highest BCUT2D eigenvalue weighted by molar-refractivity contribution is 5.18. The van der Waals surface area contributed by atoms with E-state index in [9.17, 15) is 5.11 Å². The molecule has 2 aromatic rings. The van der Waals surface area contributed by atoms with E-state index in [0.717, 1.165) is 11.4 Å². The molecular formula is C11H16N4O. The Morgan fingerprint density at radius 1 is 1.31 bits per heavy atom. The van der Waals surface area contributed by atoms with Gasteiger partial charge in [-0.25, -0.2) is 4.98 Å².